The number of hydrogen-bond acceptors (Lipinski definition) is 7. The molecule has 174 valence electrons. The van der Waals surface area contributed by atoms with Crippen LogP contribution < -0.4 is 9.54 Å². The summed E-state index contributed by atoms with van der Waals surface area (Å²) in [6.07, 6.45) is 0.925. The molecular weight excluding hydrogens is 468 g/mol. The largest absolute Gasteiger partial charge is 0.497 e. The molecule has 1 unspecified atom stereocenters. The summed E-state index contributed by atoms with van der Waals surface area (Å²) < 4.78 is 35.1. The summed E-state index contributed by atoms with van der Waals surface area (Å²) in [5.74, 6) is -0.0139. The van der Waals surface area contributed by atoms with Crippen molar-refractivity contribution in [1.82, 2.24) is 8.87 Å². The highest BCUT2D eigenvalue weighted by molar-refractivity contribution is 7.89. The highest BCUT2D eigenvalue weighted by Crippen LogP contribution is 2.28. The van der Waals surface area contributed by atoms with Gasteiger partial charge in [-0.05, 0) is 50.1 Å². The number of aryl methyl sites for hydroxylation is 1. The van der Waals surface area contributed by atoms with Gasteiger partial charge in [-0.1, -0.05) is 11.3 Å². The molecule has 2 aromatic carbocycles. The number of non-ortho nitro benzene ring substituents is 1. The molecule has 1 fully saturated rings. The maximum Gasteiger partial charge on any atom is 0.271 e. The van der Waals surface area contributed by atoms with Crippen LogP contribution in [0.5, 0.6) is 5.75 Å². The Hall–Kier alpha value is -3.09. The van der Waals surface area contributed by atoms with Crippen LogP contribution >= 0.6 is 11.3 Å². The fraction of sp³-hybridized carbons (Fsp3) is 0.333. The maximum atomic E-state index is 13.2. The van der Waals surface area contributed by atoms with Crippen LogP contribution in [-0.2, 0) is 21.4 Å². The van der Waals surface area contributed by atoms with Crippen LogP contribution in [0, 0.1) is 10.1 Å². The number of thiazole rings is 1. The number of benzene rings is 2. The van der Waals surface area contributed by atoms with Gasteiger partial charge in [-0.2, -0.15) is 9.30 Å². The Balaban J connectivity index is 1.70. The minimum Gasteiger partial charge on any atom is -0.497 e. The van der Waals surface area contributed by atoms with Gasteiger partial charge >= 0.3 is 0 Å². The van der Waals surface area contributed by atoms with Gasteiger partial charge in [0.15, 0.2) is 4.80 Å². The number of methoxy groups -OCH3 is 1. The van der Waals surface area contributed by atoms with E-state index in [1.165, 1.54) is 47.0 Å². The summed E-state index contributed by atoms with van der Waals surface area (Å²) in [5.41, 5.74) is 0.560. The molecule has 12 heteroatoms. The van der Waals surface area contributed by atoms with Crippen molar-refractivity contribution in [2.45, 2.75) is 37.2 Å². The van der Waals surface area contributed by atoms with Crippen LogP contribution in [0.25, 0.3) is 10.2 Å². The predicted octanol–water partition coefficient (Wildman–Crippen LogP) is 2.92. The van der Waals surface area contributed by atoms with Crippen LogP contribution in [0.4, 0.5) is 5.69 Å². The lowest BCUT2D eigenvalue weighted by atomic mass is 10.2. The molecule has 10 nitrogen and oxygen atoms in total. The highest BCUT2D eigenvalue weighted by Gasteiger charge is 2.39. The Morgan fingerprint density at radius 3 is 2.64 bits per heavy atom. The Kier molecular flexibility index (Phi) is 6.32. The third kappa shape index (κ3) is 4.28. The molecule has 0 aliphatic carbocycles. The van der Waals surface area contributed by atoms with Crippen LogP contribution in [0.15, 0.2) is 52.4 Å². The average molecular weight is 491 g/mol. The van der Waals surface area contributed by atoms with Crippen molar-refractivity contribution < 1.29 is 22.9 Å². The monoisotopic (exact) mass is 490 g/mol. The minimum absolute atomic E-state index is 0.0482. The van der Waals surface area contributed by atoms with Gasteiger partial charge in [-0.25, -0.2) is 8.42 Å². The summed E-state index contributed by atoms with van der Waals surface area (Å²) in [4.78, 5) is 28.5. The Morgan fingerprint density at radius 1 is 1.27 bits per heavy atom. The maximum absolute atomic E-state index is 13.2. The first-order chi connectivity index (χ1) is 15.8. The Bertz CT molecular complexity index is 1390. The molecular formula is C21H22N4O6S2. The van der Waals surface area contributed by atoms with E-state index in [0.29, 0.717) is 35.5 Å². The molecule has 1 aliphatic rings. The lowest BCUT2D eigenvalue weighted by Gasteiger charge is -2.21. The number of amides is 1. The molecule has 33 heavy (non-hydrogen) atoms. The van der Waals surface area contributed by atoms with E-state index in [2.05, 4.69) is 4.99 Å². The van der Waals surface area contributed by atoms with E-state index in [-0.39, 0.29) is 17.1 Å². The molecule has 0 N–H and O–H groups in total. The van der Waals surface area contributed by atoms with E-state index < -0.39 is 26.9 Å². The van der Waals surface area contributed by atoms with Crippen molar-refractivity contribution in [2.75, 3.05) is 13.7 Å². The van der Waals surface area contributed by atoms with Crippen molar-refractivity contribution in [2.24, 2.45) is 4.99 Å². The second kappa shape index (κ2) is 9.04. The zero-order valence-corrected chi connectivity index (χ0v) is 19.6. The number of hydrogen-bond donors (Lipinski definition) is 0. The number of fused-ring (bicyclic) bond motifs is 1. The van der Waals surface area contributed by atoms with E-state index >= 15 is 0 Å². The summed E-state index contributed by atoms with van der Waals surface area (Å²) in [6, 6.07) is 9.62. The number of nitrogens with zero attached hydrogens (tertiary/aromatic N) is 4. The molecule has 1 aliphatic heterocycles. The SMILES string of the molecule is CCn1c(=NC(=O)C2CCCN2S(=O)(=O)c2ccc(OC)cc2)sc2ccc([N+](=O)[O-])cc21. The van der Waals surface area contributed by atoms with Crippen molar-refractivity contribution in [3.05, 3.63) is 57.4 Å². The molecule has 0 spiro atoms. The van der Waals surface area contributed by atoms with E-state index in [4.69, 9.17) is 4.74 Å². The number of carbonyl (C=O) groups is 1. The van der Waals surface area contributed by atoms with Gasteiger partial charge in [-0.15, -0.1) is 0 Å². The molecule has 0 bridgehead atoms. The van der Waals surface area contributed by atoms with Crippen molar-refractivity contribution in [3.63, 3.8) is 0 Å². The van der Waals surface area contributed by atoms with Gasteiger partial charge in [0, 0.05) is 25.2 Å². The van der Waals surface area contributed by atoms with Crippen LogP contribution in [0.1, 0.15) is 19.8 Å². The first-order valence-electron chi connectivity index (χ1n) is 10.3. The summed E-state index contributed by atoms with van der Waals surface area (Å²) >= 11 is 1.24. The molecule has 2 heterocycles. The third-order valence-corrected chi connectivity index (χ3v) is 8.53. The summed E-state index contributed by atoms with van der Waals surface area (Å²) in [7, 11) is -2.39. The summed E-state index contributed by atoms with van der Waals surface area (Å²) in [5, 5.41) is 11.1. The normalized spacial score (nSPS) is 17.5. The van der Waals surface area contributed by atoms with Crippen LogP contribution in [0.2, 0.25) is 0 Å². The number of rotatable bonds is 6. The second-order valence-electron chi connectivity index (χ2n) is 7.44. The smallest absolute Gasteiger partial charge is 0.271 e. The number of carbonyl (C=O) groups excluding carboxylic acids is 1. The molecule has 4 rings (SSSR count). The zero-order chi connectivity index (χ0) is 23.8. The minimum atomic E-state index is -3.89. The van der Waals surface area contributed by atoms with E-state index in [9.17, 15) is 23.3 Å². The second-order valence-corrected chi connectivity index (χ2v) is 10.3. The van der Waals surface area contributed by atoms with Crippen molar-refractivity contribution in [1.29, 1.82) is 0 Å². The van der Waals surface area contributed by atoms with Crippen LogP contribution in [0.3, 0.4) is 0 Å². The molecule has 1 atom stereocenters. The van der Waals surface area contributed by atoms with Gasteiger partial charge in [0.1, 0.15) is 11.8 Å². The number of aromatic nitrogens is 1. The fourth-order valence-corrected chi connectivity index (χ4v) is 6.62. The Labute approximate surface area is 193 Å². The average Bonchev–Trinajstić information content (AvgIpc) is 3.43. The first-order valence-corrected chi connectivity index (χ1v) is 12.5. The van der Waals surface area contributed by atoms with E-state index in [1.807, 2.05) is 6.92 Å². The summed E-state index contributed by atoms with van der Waals surface area (Å²) in [6.45, 7) is 2.53. The molecule has 1 amide bonds. The number of sulfonamides is 1. The Morgan fingerprint density at radius 2 is 2.00 bits per heavy atom. The lowest BCUT2D eigenvalue weighted by Crippen LogP contribution is -2.40. The zero-order valence-electron chi connectivity index (χ0n) is 18.0. The van der Waals surface area contributed by atoms with Crippen molar-refractivity contribution >= 4 is 43.2 Å². The lowest BCUT2D eigenvalue weighted by molar-refractivity contribution is -0.384. The molecule has 0 saturated carbocycles. The number of ether oxygens (including phenoxy) is 1. The van der Waals surface area contributed by atoms with Gasteiger partial charge in [0.05, 0.1) is 27.1 Å². The standard InChI is InChI=1S/C21H22N4O6S2/c1-3-23-18-13-14(25(27)28)6-11-19(18)32-21(23)22-20(26)17-5-4-12-24(17)33(29,30)16-9-7-15(31-2)8-10-16/h6-11,13,17H,3-5,12H2,1-2H3. The van der Waals surface area contributed by atoms with Crippen molar-refractivity contribution in [3.8, 4) is 5.75 Å². The third-order valence-electron chi connectivity index (χ3n) is 5.55. The highest BCUT2D eigenvalue weighted by atomic mass is 32.2. The van der Waals surface area contributed by atoms with Gasteiger partial charge in [-0.3, -0.25) is 14.9 Å². The number of nitro groups is 1. The molecule has 0 radical (unpaired) electrons. The molecule has 1 aromatic heterocycles. The van der Waals surface area contributed by atoms with Crippen LogP contribution in [-0.4, -0.2) is 47.8 Å². The molecule has 3 aromatic rings. The van der Waals surface area contributed by atoms with Gasteiger partial charge in [0.25, 0.3) is 11.6 Å². The quantitative estimate of drug-likeness (QED) is 0.387. The number of nitro benzene ring substituents is 1. The topological polar surface area (TPSA) is 124 Å². The van der Waals surface area contributed by atoms with E-state index in [0.717, 1.165) is 4.70 Å². The van der Waals surface area contributed by atoms with Gasteiger partial charge in [0.2, 0.25) is 10.0 Å². The molecule has 1 saturated heterocycles. The predicted molar refractivity (Wildman–Crippen MR) is 123 cm³/mol. The van der Waals surface area contributed by atoms with Gasteiger partial charge < -0.3 is 9.30 Å². The first kappa shape index (κ1) is 23.1. The van der Waals surface area contributed by atoms with E-state index in [1.54, 1.807) is 22.8 Å². The fourth-order valence-electron chi connectivity index (χ4n) is 3.89.